The van der Waals surface area contributed by atoms with Crippen LogP contribution < -0.4 is 5.32 Å². The molecule has 1 saturated carbocycles. The number of aromatic nitrogens is 2. The highest BCUT2D eigenvalue weighted by Crippen LogP contribution is 2.36. The molecule has 1 atom stereocenters. The molecule has 0 spiro atoms. The maximum absolute atomic E-state index is 4.17. The van der Waals surface area contributed by atoms with Gasteiger partial charge in [-0.15, -0.1) is 0 Å². The zero-order chi connectivity index (χ0) is 10.9. The first-order valence-electron chi connectivity index (χ1n) is 5.76. The van der Waals surface area contributed by atoms with Crippen LogP contribution in [0.15, 0.2) is 12.4 Å². The van der Waals surface area contributed by atoms with E-state index in [-0.39, 0.29) is 0 Å². The van der Waals surface area contributed by atoms with Crippen molar-refractivity contribution in [3.63, 3.8) is 0 Å². The first-order chi connectivity index (χ1) is 7.05. The first-order valence-corrected chi connectivity index (χ1v) is 5.76. The van der Waals surface area contributed by atoms with E-state index in [1.807, 2.05) is 17.9 Å². The Kier molecular flexibility index (Phi) is 2.83. The lowest BCUT2D eigenvalue weighted by atomic mass is 9.92. The maximum atomic E-state index is 4.17. The SMILES string of the molecule is Cn1cc(CNC2CCC(C)(C)C2)cn1. The lowest BCUT2D eigenvalue weighted by molar-refractivity contribution is 0.364. The third kappa shape index (κ3) is 2.81. The molecule has 1 aromatic rings. The van der Waals surface area contributed by atoms with Crippen molar-refractivity contribution < 1.29 is 0 Å². The Morgan fingerprint density at radius 1 is 1.60 bits per heavy atom. The smallest absolute Gasteiger partial charge is 0.0534 e. The molecule has 1 heterocycles. The molecular formula is C12H21N3. The highest BCUT2D eigenvalue weighted by Gasteiger charge is 2.30. The summed E-state index contributed by atoms with van der Waals surface area (Å²) in [5.41, 5.74) is 1.81. The Hall–Kier alpha value is -0.830. The van der Waals surface area contributed by atoms with E-state index in [2.05, 4.69) is 30.5 Å². The molecule has 1 aliphatic rings. The Morgan fingerprint density at radius 3 is 2.93 bits per heavy atom. The predicted octanol–water partition coefficient (Wildman–Crippen LogP) is 2.09. The topological polar surface area (TPSA) is 29.9 Å². The minimum absolute atomic E-state index is 0.534. The van der Waals surface area contributed by atoms with Crippen molar-refractivity contribution in [2.75, 3.05) is 0 Å². The fraction of sp³-hybridized carbons (Fsp3) is 0.750. The van der Waals surface area contributed by atoms with Gasteiger partial charge in [0.15, 0.2) is 0 Å². The molecule has 1 fully saturated rings. The zero-order valence-electron chi connectivity index (χ0n) is 9.95. The summed E-state index contributed by atoms with van der Waals surface area (Å²) in [7, 11) is 1.96. The average molecular weight is 207 g/mol. The Labute approximate surface area is 91.9 Å². The van der Waals surface area contributed by atoms with E-state index in [4.69, 9.17) is 0 Å². The standard InChI is InChI=1S/C12H21N3/c1-12(2)5-4-11(6-12)13-7-10-8-14-15(3)9-10/h8-9,11,13H,4-7H2,1-3H3. The van der Waals surface area contributed by atoms with Crippen LogP contribution in [0.2, 0.25) is 0 Å². The van der Waals surface area contributed by atoms with Crippen molar-refractivity contribution in [1.29, 1.82) is 0 Å². The van der Waals surface area contributed by atoms with Crippen molar-refractivity contribution in [2.24, 2.45) is 12.5 Å². The molecule has 1 unspecified atom stereocenters. The third-order valence-electron chi connectivity index (χ3n) is 3.32. The van der Waals surface area contributed by atoms with Crippen LogP contribution in [-0.4, -0.2) is 15.8 Å². The van der Waals surface area contributed by atoms with Gasteiger partial charge in [0, 0.05) is 31.4 Å². The zero-order valence-corrected chi connectivity index (χ0v) is 9.95. The molecule has 3 nitrogen and oxygen atoms in total. The number of hydrogen-bond donors (Lipinski definition) is 1. The van der Waals surface area contributed by atoms with E-state index in [1.54, 1.807) is 0 Å². The van der Waals surface area contributed by atoms with Crippen molar-refractivity contribution in [3.05, 3.63) is 18.0 Å². The van der Waals surface area contributed by atoms with Gasteiger partial charge in [0.05, 0.1) is 6.20 Å². The first kappa shape index (κ1) is 10.7. The van der Waals surface area contributed by atoms with Crippen LogP contribution in [0.3, 0.4) is 0 Å². The Bertz CT molecular complexity index is 327. The van der Waals surface area contributed by atoms with Crippen molar-refractivity contribution in [1.82, 2.24) is 15.1 Å². The Balaban J connectivity index is 1.80. The minimum atomic E-state index is 0.534. The lowest BCUT2D eigenvalue weighted by Crippen LogP contribution is -2.26. The van der Waals surface area contributed by atoms with Gasteiger partial charge in [-0.1, -0.05) is 13.8 Å². The van der Waals surface area contributed by atoms with Gasteiger partial charge in [-0.2, -0.15) is 5.10 Å². The maximum Gasteiger partial charge on any atom is 0.0534 e. The largest absolute Gasteiger partial charge is 0.310 e. The van der Waals surface area contributed by atoms with Gasteiger partial charge in [-0.3, -0.25) is 4.68 Å². The summed E-state index contributed by atoms with van der Waals surface area (Å²) < 4.78 is 1.86. The van der Waals surface area contributed by atoms with E-state index in [0.29, 0.717) is 11.5 Å². The average Bonchev–Trinajstić information content (AvgIpc) is 2.69. The van der Waals surface area contributed by atoms with Crippen LogP contribution in [0.4, 0.5) is 0 Å². The van der Waals surface area contributed by atoms with E-state index in [1.165, 1.54) is 24.8 Å². The van der Waals surface area contributed by atoms with Crippen LogP contribution in [0.5, 0.6) is 0 Å². The molecular weight excluding hydrogens is 186 g/mol. The third-order valence-corrected chi connectivity index (χ3v) is 3.32. The second-order valence-corrected chi connectivity index (χ2v) is 5.51. The van der Waals surface area contributed by atoms with Gasteiger partial charge in [0.25, 0.3) is 0 Å². The van der Waals surface area contributed by atoms with Crippen LogP contribution in [-0.2, 0) is 13.6 Å². The second kappa shape index (κ2) is 3.97. The normalized spacial score (nSPS) is 24.6. The lowest BCUT2D eigenvalue weighted by Gasteiger charge is -2.17. The van der Waals surface area contributed by atoms with Gasteiger partial charge < -0.3 is 5.32 Å². The highest BCUT2D eigenvalue weighted by molar-refractivity contribution is 5.03. The van der Waals surface area contributed by atoms with Crippen LogP contribution in [0.25, 0.3) is 0 Å². The van der Waals surface area contributed by atoms with Crippen LogP contribution in [0.1, 0.15) is 38.7 Å². The van der Waals surface area contributed by atoms with Crippen molar-refractivity contribution >= 4 is 0 Å². The van der Waals surface area contributed by atoms with E-state index >= 15 is 0 Å². The van der Waals surface area contributed by atoms with Crippen molar-refractivity contribution in [3.8, 4) is 0 Å². The van der Waals surface area contributed by atoms with Gasteiger partial charge in [0.2, 0.25) is 0 Å². The van der Waals surface area contributed by atoms with Crippen LogP contribution in [0, 0.1) is 5.41 Å². The van der Waals surface area contributed by atoms with Gasteiger partial charge >= 0.3 is 0 Å². The summed E-state index contributed by atoms with van der Waals surface area (Å²) >= 11 is 0. The number of nitrogens with one attached hydrogen (secondary N) is 1. The summed E-state index contributed by atoms with van der Waals surface area (Å²) in [6.07, 6.45) is 7.97. The molecule has 0 amide bonds. The molecule has 1 aliphatic carbocycles. The monoisotopic (exact) mass is 207 g/mol. The summed E-state index contributed by atoms with van der Waals surface area (Å²) in [5.74, 6) is 0. The van der Waals surface area contributed by atoms with E-state index < -0.39 is 0 Å². The molecule has 84 valence electrons. The number of hydrogen-bond acceptors (Lipinski definition) is 2. The molecule has 0 saturated heterocycles. The van der Waals surface area contributed by atoms with Gasteiger partial charge in [0.1, 0.15) is 0 Å². The number of rotatable bonds is 3. The summed E-state index contributed by atoms with van der Waals surface area (Å²) in [6.45, 7) is 5.67. The minimum Gasteiger partial charge on any atom is -0.310 e. The molecule has 2 rings (SSSR count). The molecule has 0 bridgehead atoms. The van der Waals surface area contributed by atoms with Gasteiger partial charge in [-0.05, 0) is 24.7 Å². The second-order valence-electron chi connectivity index (χ2n) is 5.51. The van der Waals surface area contributed by atoms with Gasteiger partial charge in [-0.25, -0.2) is 0 Å². The molecule has 3 heteroatoms. The molecule has 0 radical (unpaired) electrons. The number of aryl methyl sites for hydroxylation is 1. The molecule has 0 aliphatic heterocycles. The van der Waals surface area contributed by atoms with E-state index in [0.717, 1.165) is 6.54 Å². The fourth-order valence-electron chi connectivity index (χ4n) is 2.44. The molecule has 15 heavy (non-hydrogen) atoms. The summed E-state index contributed by atoms with van der Waals surface area (Å²) in [6, 6.07) is 0.695. The predicted molar refractivity (Wildman–Crippen MR) is 61.5 cm³/mol. The quantitative estimate of drug-likeness (QED) is 0.822. The molecule has 1 N–H and O–H groups in total. The van der Waals surface area contributed by atoms with Crippen molar-refractivity contribution in [2.45, 2.75) is 45.7 Å². The number of nitrogens with zero attached hydrogens (tertiary/aromatic N) is 2. The molecule has 1 aromatic heterocycles. The summed E-state index contributed by atoms with van der Waals surface area (Å²) in [5, 5.41) is 7.78. The van der Waals surface area contributed by atoms with Crippen LogP contribution >= 0.6 is 0 Å². The highest BCUT2D eigenvalue weighted by atomic mass is 15.2. The Morgan fingerprint density at radius 2 is 2.40 bits per heavy atom. The molecule has 0 aromatic carbocycles. The fourth-order valence-corrected chi connectivity index (χ4v) is 2.44. The van der Waals surface area contributed by atoms with E-state index in [9.17, 15) is 0 Å². The summed E-state index contributed by atoms with van der Waals surface area (Å²) in [4.78, 5) is 0.